The third kappa shape index (κ3) is 3.04. The normalized spacial score (nSPS) is 11.0. The van der Waals surface area contributed by atoms with Crippen LogP contribution in [-0.4, -0.2) is 12.1 Å². The third-order valence-corrected chi connectivity index (χ3v) is 4.71. The summed E-state index contributed by atoms with van der Waals surface area (Å²) in [6.45, 7) is 4.13. The summed E-state index contributed by atoms with van der Waals surface area (Å²) in [5.74, 6) is 0.764. The van der Waals surface area contributed by atoms with Gasteiger partial charge in [0, 0.05) is 28.5 Å². The zero-order chi connectivity index (χ0) is 17.3. The summed E-state index contributed by atoms with van der Waals surface area (Å²) in [5, 5.41) is 1.81. The van der Waals surface area contributed by atoms with E-state index < -0.39 is 0 Å². The minimum absolute atomic E-state index is 0.0507. The molecule has 0 fully saturated rings. The number of aromatic nitrogens is 1. The monoisotopic (exact) mass is 341 g/mol. The molecule has 0 aliphatic rings. The first-order valence-corrected chi connectivity index (χ1v) is 8.38. The van der Waals surface area contributed by atoms with Crippen molar-refractivity contribution in [1.82, 2.24) is 4.98 Å². The first-order chi connectivity index (χ1) is 11.5. The van der Waals surface area contributed by atoms with E-state index in [1.807, 2.05) is 43.3 Å². The van der Waals surface area contributed by atoms with Crippen molar-refractivity contribution in [3.8, 4) is 5.75 Å². The lowest BCUT2D eigenvalue weighted by Gasteiger charge is -2.14. The van der Waals surface area contributed by atoms with Crippen LogP contribution in [0, 0.1) is 6.92 Å². The highest BCUT2D eigenvalue weighted by molar-refractivity contribution is 6.30. The van der Waals surface area contributed by atoms with Crippen molar-refractivity contribution in [1.29, 1.82) is 0 Å². The molecule has 3 nitrogen and oxygen atoms in total. The highest BCUT2D eigenvalue weighted by Gasteiger charge is 2.14. The maximum Gasteiger partial charge on any atom is 0.252 e. The van der Waals surface area contributed by atoms with Crippen molar-refractivity contribution in [3.05, 3.63) is 74.0 Å². The van der Waals surface area contributed by atoms with Gasteiger partial charge >= 0.3 is 0 Å². The highest BCUT2D eigenvalue weighted by atomic mass is 35.5. The molecule has 3 rings (SSSR count). The number of rotatable bonds is 4. The standard InChI is InChI=1S/C20H20ClNO2/c1-4-14-10-16(24-3)11-18-19(14)12(2)17(20(23)22-18)9-13-5-7-15(21)8-6-13/h5-8,10-11H,4,9H2,1-3H3,(H,22,23). The van der Waals surface area contributed by atoms with E-state index in [0.29, 0.717) is 11.4 Å². The molecular formula is C20H20ClNO2. The van der Waals surface area contributed by atoms with Gasteiger partial charge in [0.2, 0.25) is 0 Å². The molecule has 0 amide bonds. The molecule has 0 atom stereocenters. The number of halogens is 1. The van der Waals surface area contributed by atoms with Gasteiger partial charge in [-0.3, -0.25) is 4.79 Å². The fourth-order valence-electron chi connectivity index (χ4n) is 3.15. The van der Waals surface area contributed by atoms with Crippen molar-refractivity contribution < 1.29 is 4.74 Å². The SMILES string of the molecule is CCc1cc(OC)cc2[nH]c(=O)c(Cc3ccc(Cl)cc3)c(C)c12. The Morgan fingerprint density at radius 3 is 2.50 bits per heavy atom. The Morgan fingerprint density at radius 2 is 1.88 bits per heavy atom. The van der Waals surface area contributed by atoms with Crippen molar-refractivity contribution in [2.45, 2.75) is 26.7 Å². The number of hydrogen-bond acceptors (Lipinski definition) is 2. The first-order valence-electron chi connectivity index (χ1n) is 8.00. The van der Waals surface area contributed by atoms with Gasteiger partial charge in [0.25, 0.3) is 5.56 Å². The van der Waals surface area contributed by atoms with Crippen LogP contribution in [0.2, 0.25) is 5.02 Å². The summed E-state index contributed by atoms with van der Waals surface area (Å²) < 4.78 is 5.35. The average Bonchev–Trinajstić information content (AvgIpc) is 2.58. The largest absolute Gasteiger partial charge is 0.497 e. The number of nitrogens with one attached hydrogen (secondary N) is 1. The van der Waals surface area contributed by atoms with Gasteiger partial charge in [0.1, 0.15) is 5.75 Å². The van der Waals surface area contributed by atoms with E-state index >= 15 is 0 Å². The Kier molecular flexibility index (Phi) is 4.63. The average molecular weight is 342 g/mol. The molecule has 1 heterocycles. The van der Waals surface area contributed by atoms with Crippen molar-refractivity contribution in [2.75, 3.05) is 7.11 Å². The van der Waals surface area contributed by atoms with Crippen LogP contribution < -0.4 is 10.3 Å². The molecule has 0 saturated carbocycles. The molecule has 0 aliphatic carbocycles. The zero-order valence-corrected chi connectivity index (χ0v) is 14.8. The maximum atomic E-state index is 12.6. The number of methoxy groups -OCH3 is 1. The molecule has 4 heteroatoms. The summed E-state index contributed by atoms with van der Waals surface area (Å²) in [6.07, 6.45) is 1.46. The van der Waals surface area contributed by atoms with E-state index in [1.165, 1.54) is 5.56 Å². The number of hydrogen-bond donors (Lipinski definition) is 1. The van der Waals surface area contributed by atoms with Gasteiger partial charge in [0.15, 0.2) is 0 Å². The van der Waals surface area contributed by atoms with Crippen LogP contribution in [0.15, 0.2) is 41.2 Å². The topological polar surface area (TPSA) is 42.1 Å². The molecule has 0 spiro atoms. The molecule has 1 aromatic heterocycles. The van der Waals surface area contributed by atoms with Crippen LogP contribution in [-0.2, 0) is 12.8 Å². The lowest BCUT2D eigenvalue weighted by atomic mass is 9.95. The van der Waals surface area contributed by atoms with E-state index in [4.69, 9.17) is 16.3 Å². The quantitative estimate of drug-likeness (QED) is 0.750. The van der Waals surface area contributed by atoms with Crippen LogP contribution in [0.25, 0.3) is 10.9 Å². The number of aryl methyl sites for hydroxylation is 2. The van der Waals surface area contributed by atoms with Crippen LogP contribution >= 0.6 is 11.6 Å². The lowest BCUT2D eigenvalue weighted by Crippen LogP contribution is -2.16. The number of H-pyrrole nitrogens is 1. The minimum atomic E-state index is -0.0507. The molecule has 2 aromatic carbocycles. The van der Waals surface area contributed by atoms with Gasteiger partial charge in [-0.15, -0.1) is 0 Å². The maximum absolute atomic E-state index is 12.6. The van der Waals surface area contributed by atoms with E-state index in [0.717, 1.165) is 39.8 Å². The van der Waals surface area contributed by atoms with Gasteiger partial charge in [0.05, 0.1) is 12.6 Å². The number of benzene rings is 2. The van der Waals surface area contributed by atoms with Crippen molar-refractivity contribution in [2.24, 2.45) is 0 Å². The fraction of sp³-hybridized carbons (Fsp3) is 0.250. The summed E-state index contributed by atoms with van der Waals surface area (Å²) in [5.41, 5.74) is 4.85. The van der Waals surface area contributed by atoms with Gasteiger partial charge in [-0.1, -0.05) is 30.7 Å². The first kappa shape index (κ1) is 16.6. The summed E-state index contributed by atoms with van der Waals surface area (Å²) in [7, 11) is 1.64. The Bertz CT molecular complexity index is 942. The van der Waals surface area contributed by atoms with Gasteiger partial charge in [-0.05, 0) is 48.2 Å². The van der Waals surface area contributed by atoms with Crippen molar-refractivity contribution >= 4 is 22.5 Å². The second-order valence-electron chi connectivity index (χ2n) is 5.92. The molecule has 0 aliphatic heterocycles. The fourth-order valence-corrected chi connectivity index (χ4v) is 3.28. The van der Waals surface area contributed by atoms with Crippen LogP contribution in [0.5, 0.6) is 5.75 Å². The Morgan fingerprint density at radius 1 is 1.17 bits per heavy atom. The second-order valence-corrected chi connectivity index (χ2v) is 6.36. The van der Waals surface area contributed by atoms with Crippen LogP contribution in [0.1, 0.15) is 29.2 Å². The molecule has 0 bridgehead atoms. The smallest absolute Gasteiger partial charge is 0.252 e. The van der Waals surface area contributed by atoms with Gasteiger partial charge in [-0.2, -0.15) is 0 Å². The molecule has 24 heavy (non-hydrogen) atoms. The van der Waals surface area contributed by atoms with E-state index in [1.54, 1.807) is 7.11 Å². The highest BCUT2D eigenvalue weighted by Crippen LogP contribution is 2.28. The van der Waals surface area contributed by atoms with Crippen molar-refractivity contribution in [3.63, 3.8) is 0 Å². The van der Waals surface area contributed by atoms with Gasteiger partial charge in [-0.25, -0.2) is 0 Å². The molecule has 3 aromatic rings. The zero-order valence-electron chi connectivity index (χ0n) is 14.1. The molecular weight excluding hydrogens is 322 g/mol. The Balaban J connectivity index is 2.18. The second kappa shape index (κ2) is 6.70. The van der Waals surface area contributed by atoms with E-state index in [-0.39, 0.29) is 5.56 Å². The Labute approximate surface area is 146 Å². The summed E-state index contributed by atoms with van der Waals surface area (Å²) >= 11 is 5.94. The number of aromatic amines is 1. The number of pyridine rings is 1. The van der Waals surface area contributed by atoms with Crippen LogP contribution in [0.4, 0.5) is 0 Å². The minimum Gasteiger partial charge on any atom is -0.497 e. The van der Waals surface area contributed by atoms with Gasteiger partial charge < -0.3 is 9.72 Å². The molecule has 0 saturated heterocycles. The molecule has 1 N–H and O–H groups in total. The number of fused-ring (bicyclic) bond motifs is 1. The molecule has 124 valence electrons. The predicted octanol–water partition coefficient (Wildman–Crippen LogP) is 4.65. The Hall–Kier alpha value is -2.26. The molecule has 0 radical (unpaired) electrons. The summed E-state index contributed by atoms with van der Waals surface area (Å²) in [6, 6.07) is 11.5. The summed E-state index contributed by atoms with van der Waals surface area (Å²) in [4.78, 5) is 15.6. The van der Waals surface area contributed by atoms with E-state index in [9.17, 15) is 4.79 Å². The number of ether oxygens (including phenoxy) is 1. The lowest BCUT2D eigenvalue weighted by molar-refractivity contribution is 0.415. The van der Waals surface area contributed by atoms with Crippen LogP contribution in [0.3, 0.4) is 0 Å². The third-order valence-electron chi connectivity index (χ3n) is 4.45. The predicted molar refractivity (Wildman–Crippen MR) is 99.5 cm³/mol. The van der Waals surface area contributed by atoms with E-state index in [2.05, 4.69) is 11.9 Å². The molecule has 0 unspecified atom stereocenters.